The van der Waals surface area contributed by atoms with Crippen molar-refractivity contribution in [1.82, 2.24) is 0 Å². The smallest absolute Gasteiger partial charge is 0.396 e. The van der Waals surface area contributed by atoms with Gasteiger partial charge in [-0.15, -0.1) is 0 Å². The first kappa shape index (κ1) is 77.1. The average molecular weight is 1480 g/mol. The highest BCUT2D eigenvalue weighted by Crippen LogP contribution is 2.54. The Labute approximate surface area is 516 Å². The Hall–Kier alpha value is 2.35. The summed E-state index contributed by atoms with van der Waals surface area (Å²) >= 11 is 0. The molecule has 6 saturated heterocycles. The summed E-state index contributed by atoms with van der Waals surface area (Å²) in [6.45, 7) is 28.6. The Bertz CT molecular complexity index is 1850. The van der Waals surface area contributed by atoms with Gasteiger partial charge in [0.1, 0.15) is 0 Å². The summed E-state index contributed by atoms with van der Waals surface area (Å²) in [5.41, 5.74) is 0. The zero-order valence-corrected chi connectivity index (χ0v) is 68.7. The highest BCUT2D eigenvalue weighted by Gasteiger charge is 2.92. The Balaban J connectivity index is 2.20. The van der Waals surface area contributed by atoms with Gasteiger partial charge in [0.25, 0.3) is 0 Å². The van der Waals surface area contributed by atoms with Crippen LogP contribution in [-0.4, -0.2) is 233 Å². The maximum Gasteiger partial charge on any atom is 0.651 e. The molecule has 6 heterocycles. The Morgan fingerprint density at radius 2 is 0.274 bits per heavy atom. The molecule has 0 aromatic carbocycles. The molecule has 0 spiro atoms. The molecule has 0 aromatic rings. The molecule has 0 radical (unpaired) electrons. The van der Waals surface area contributed by atoms with Crippen LogP contribution >= 0.6 is 0 Å². The summed E-state index contributed by atoms with van der Waals surface area (Å²) < 4.78 is 152. The van der Waals surface area contributed by atoms with Crippen molar-refractivity contribution in [1.29, 1.82) is 0 Å². The van der Waals surface area contributed by atoms with E-state index in [9.17, 15) is 40.9 Å². The van der Waals surface area contributed by atoms with E-state index < -0.39 is 139 Å². The van der Waals surface area contributed by atoms with Crippen molar-refractivity contribution in [2.45, 2.75) is 204 Å². The summed E-state index contributed by atoms with van der Waals surface area (Å²) in [6.07, 6.45) is 2.29. The number of aliphatic hydroxyl groups is 8. The lowest BCUT2D eigenvalue weighted by atomic mass is 10.5. The highest BCUT2D eigenvalue weighted by atomic mass is 28.7. The molecule has 44 heteroatoms. The van der Waals surface area contributed by atoms with Gasteiger partial charge in [-0.3, -0.25) is 0 Å². The molecule has 8 bridgehead atoms. The van der Waals surface area contributed by atoms with Crippen molar-refractivity contribution in [2.75, 3.05) is 52.9 Å². The van der Waals surface area contributed by atoms with E-state index >= 15 is 0 Å². The van der Waals surface area contributed by atoms with Crippen LogP contribution in [0.2, 0.25) is 153 Å². The molecule has 8 N–H and O–H groups in total. The summed E-state index contributed by atoms with van der Waals surface area (Å²) in [4.78, 5) is 0. The lowest BCUT2D eigenvalue weighted by Gasteiger charge is -2.61. The largest absolute Gasteiger partial charge is 0.651 e. The molecule has 0 aliphatic carbocycles. The fourth-order valence-corrected chi connectivity index (χ4v) is 83.7. The SMILES string of the molecule is C[Si](C)(CCCO)O[Si]12O[Si]3(O[Si](C)(C)CCCO)O[Si](O[Si](C)(C)CCCO)(O1)O[Si]1(O[Si](C)(C)CCCO)O[Si]4(O[Si](C)(C)CCCO)O[Si](O[Si](C)(C)CCCO)(O1)O[Si](O[Si](C)(C)CCCO)(O3)O[Si](O[Si](C)(C)CCCO)(O2)O4. The molecule has 0 aromatic heterocycles. The lowest BCUT2D eigenvalue weighted by molar-refractivity contribution is -0.130. The average Bonchev–Trinajstić information content (AvgIpc) is 3.31. The molecule has 6 rings (SSSR count). The van der Waals surface area contributed by atoms with E-state index in [0.717, 1.165) is 0 Å². The van der Waals surface area contributed by atoms with E-state index in [1.165, 1.54) is 0 Å². The van der Waals surface area contributed by atoms with E-state index in [4.69, 9.17) is 82.3 Å². The number of aliphatic hydroxyl groups excluding tert-OH is 8. The fourth-order valence-electron chi connectivity index (χ4n) is 9.99. The first-order valence-electron chi connectivity index (χ1n) is 29.5. The van der Waals surface area contributed by atoms with Gasteiger partial charge in [0.2, 0.25) is 0 Å². The van der Waals surface area contributed by atoms with Crippen LogP contribution in [0.25, 0.3) is 0 Å². The summed E-state index contributed by atoms with van der Waals surface area (Å²) in [6, 6.07) is 2.44. The van der Waals surface area contributed by atoms with E-state index in [-0.39, 0.29) is 90.6 Å². The van der Waals surface area contributed by atoms with Crippen LogP contribution in [0.5, 0.6) is 0 Å². The maximum absolute atomic E-state index is 10.4. The standard InChI is InChI=1S/C40H104O28Si16/c1-69(2,33-17-25-41)49-77-57-78(50-70(3,4)34-18-26-42)60-81(59-77,53-73(9,10)37-21-29-45)67-82(54-74(11,12)38-22-30-46)61-79(51-71(5,6)35-19-27-43)58-80(62-82,52-72(7,8)36-20-28-44)66-84(64-78,56-76(15,16)40-24-32-48)68-83(63-77,65-79)55-75(13,14)39-23-31-47/h41-48H,17-40H2,1-16H3. The second kappa shape index (κ2) is 30.0. The topological polar surface area (TPSA) is 346 Å². The third-order valence-corrected chi connectivity index (χ3v) is 75.9. The number of hydrogen-bond donors (Lipinski definition) is 8. The first-order valence-corrected chi connectivity index (χ1v) is 67.5. The minimum absolute atomic E-state index is 0.190. The third-order valence-electron chi connectivity index (χ3n) is 13.7. The van der Waals surface area contributed by atoms with Gasteiger partial charge in [-0.25, -0.2) is 0 Å². The molecule has 28 nitrogen and oxygen atoms in total. The molecule has 0 atom stereocenters. The molecule has 0 amide bonds. The molecular formula is C40H104O28Si16. The van der Waals surface area contributed by atoms with E-state index in [1.54, 1.807) is 0 Å². The molecule has 6 aliphatic heterocycles. The van der Waals surface area contributed by atoms with Gasteiger partial charge in [-0.05, 0) is 204 Å². The van der Waals surface area contributed by atoms with Crippen molar-refractivity contribution in [3.8, 4) is 0 Å². The zero-order chi connectivity index (χ0) is 63.1. The van der Waals surface area contributed by atoms with Gasteiger partial charge in [0, 0.05) is 52.9 Å². The molecule has 6 fully saturated rings. The summed E-state index contributed by atoms with van der Waals surface area (Å²) in [5, 5.41) is 83.2. The molecule has 6 aliphatic rings. The van der Waals surface area contributed by atoms with Crippen LogP contribution in [0.15, 0.2) is 0 Å². The number of rotatable bonds is 40. The van der Waals surface area contributed by atoms with Gasteiger partial charge < -0.3 is 123 Å². The highest BCUT2D eigenvalue weighted by molar-refractivity contribution is 7.04. The number of hydrogen-bond acceptors (Lipinski definition) is 28. The minimum Gasteiger partial charge on any atom is -0.396 e. The fraction of sp³-hybridized carbons (Fsp3) is 1.00. The lowest BCUT2D eigenvalue weighted by Crippen LogP contribution is -2.93. The molecular weight excluding hydrogens is 1380 g/mol. The quantitative estimate of drug-likeness (QED) is 0.0389. The maximum atomic E-state index is 10.4. The Morgan fingerprint density at radius 1 is 0.190 bits per heavy atom. The van der Waals surface area contributed by atoms with Crippen LogP contribution in [0.3, 0.4) is 0 Å². The van der Waals surface area contributed by atoms with Crippen molar-refractivity contribution in [2.24, 2.45) is 0 Å². The van der Waals surface area contributed by atoms with Crippen LogP contribution < -0.4 is 0 Å². The van der Waals surface area contributed by atoms with Crippen LogP contribution in [0.4, 0.5) is 0 Å². The monoisotopic (exact) mass is 1480 g/mol. The van der Waals surface area contributed by atoms with Crippen molar-refractivity contribution in [3.63, 3.8) is 0 Å². The van der Waals surface area contributed by atoms with Gasteiger partial charge in [0.15, 0.2) is 66.5 Å². The second-order valence-electron chi connectivity index (χ2n) is 26.7. The van der Waals surface area contributed by atoms with Gasteiger partial charge in [-0.1, -0.05) is 0 Å². The van der Waals surface area contributed by atoms with Gasteiger partial charge in [-0.2, -0.15) is 0 Å². The van der Waals surface area contributed by atoms with E-state index in [1.807, 2.05) is 105 Å². The summed E-state index contributed by atoms with van der Waals surface area (Å²) in [7, 11) is -71.1. The van der Waals surface area contributed by atoms with Crippen LogP contribution in [0.1, 0.15) is 51.4 Å². The summed E-state index contributed by atoms with van der Waals surface area (Å²) in [5.74, 6) is 0. The van der Waals surface area contributed by atoms with Crippen LogP contribution in [0, 0.1) is 0 Å². The second-order valence-corrected chi connectivity index (χ2v) is 83.2. The Kier molecular flexibility index (Phi) is 27.5. The zero-order valence-electron chi connectivity index (χ0n) is 52.7. The van der Waals surface area contributed by atoms with Crippen molar-refractivity contribution in [3.05, 3.63) is 0 Å². The van der Waals surface area contributed by atoms with Crippen LogP contribution in [-0.2, 0) is 82.3 Å². The normalized spacial score (nSPS) is 31.7. The van der Waals surface area contributed by atoms with Crippen molar-refractivity contribution < 1.29 is 123 Å². The Morgan fingerprint density at radius 3 is 0.345 bits per heavy atom. The molecule has 0 saturated carbocycles. The molecule has 84 heavy (non-hydrogen) atoms. The first-order chi connectivity index (χ1) is 38.6. The van der Waals surface area contributed by atoms with E-state index in [0.29, 0.717) is 61.9 Å². The van der Waals surface area contributed by atoms with Crippen molar-refractivity contribution >= 4 is 139 Å². The van der Waals surface area contributed by atoms with E-state index in [2.05, 4.69) is 0 Å². The molecule has 0 unspecified atom stereocenters. The van der Waals surface area contributed by atoms with Gasteiger partial charge in [0.05, 0.1) is 0 Å². The predicted molar refractivity (Wildman–Crippen MR) is 340 cm³/mol. The predicted octanol–water partition coefficient (Wildman–Crippen LogP) is 4.57. The third kappa shape index (κ3) is 22.2. The van der Waals surface area contributed by atoms with Gasteiger partial charge >= 0.3 is 72.4 Å². The molecule has 496 valence electrons. The minimum atomic E-state index is -5.64.